The molecule has 28 heavy (non-hydrogen) atoms. The van der Waals surface area contributed by atoms with Crippen LogP contribution in [0.4, 0.5) is 0 Å². The Morgan fingerprint density at radius 1 is 1.43 bits per heavy atom. The first kappa shape index (κ1) is 18.9. The summed E-state index contributed by atoms with van der Waals surface area (Å²) in [4.78, 5) is 20.6. The minimum atomic E-state index is -0.948. The highest BCUT2D eigenvalue weighted by molar-refractivity contribution is 7.14. The first-order valence-corrected chi connectivity index (χ1v) is 10.2. The Bertz CT molecular complexity index is 918. The molecule has 1 N–H and O–H groups in total. The number of aryl methyl sites for hydroxylation is 1. The molecule has 1 unspecified atom stereocenters. The molecule has 1 saturated heterocycles. The largest absolute Gasteiger partial charge is 0.477 e. The van der Waals surface area contributed by atoms with Gasteiger partial charge in [-0.1, -0.05) is 6.08 Å². The van der Waals surface area contributed by atoms with Crippen LogP contribution in [0.3, 0.4) is 0 Å². The van der Waals surface area contributed by atoms with Gasteiger partial charge in [0.05, 0.1) is 30.5 Å². The zero-order valence-electron chi connectivity index (χ0n) is 15.7. The van der Waals surface area contributed by atoms with E-state index in [4.69, 9.17) is 4.74 Å². The number of morpholine rings is 1. The number of hydrogen-bond acceptors (Lipinski definition) is 7. The van der Waals surface area contributed by atoms with Gasteiger partial charge in [0, 0.05) is 38.0 Å². The normalized spacial score (nSPS) is 22.2. The molecule has 0 aromatic carbocycles. The quantitative estimate of drug-likeness (QED) is 0.814. The molecule has 1 fully saturated rings. The summed E-state index contributed by atoms with van der Waals surface area (Å²) in [5, 5.41) is 19.6. The molecule has 1 aromatic rings. The lowest BCUT2D eigenvalue weighted by atomic mass is 9.92. The summed E-state index contributed by atoms with van der Waals surface area (Å²) in [5.74, 6) is -0.948. The highest BCUT2D eigenvalue weighted by Gasteiger charge is 2.32. The number of aromatic carboxylic acids is 1. The van der Waals surface area contributed by atoms with Gasteiger partial charge in [0.25, 0.3) is 0 Å². The molecule has 1 aliphatic carbocycles. The van der Waals surface area contributed by atoms with Crippen LogP contribution in [0.15, 0.2) is 29.5 Å². The molecule has 0 radical (unpaired) electrons. The minimum Gasteiger partial charge on any atom is -0.477 e. The monoisotopic (exact) mass is 398 g/mol. The van der Waals surface area contributed by atoms with Gasteiger partial charge >= 0.3 is 5.97 Å². The number of fused-ring (bicyclic) bond motifs is 1. The lowest BCUT2D eigenvalue weighted by Gasteiger charge is -2.32. The standard InChI is InChI=1S/C20H22N4O3S/c1-13-18(20(25)26)28-19(22-13)14-2-3-17-16(10-14)15(11-21)12-24(17)5-4-23-6-8-27-9-7-23/h2,10,12,17H,3-9H2,1H3,(H,25,26). The lowest BCUT2D eigenvalue weighted by molar-refractivity contribution is 0.0346. The number of rotatable bonds is 5. The van der Waals surface area contributed by atoms with Crippen LogP contribution in [0.2, 0.25) is 0 Å². The van der Waals surface area contributed by atoms with E-state index in [1.807, 2.05) is 12.3 Å². The first-order chi connectivity index (χ1) is 13.6. The molecular weight excluding hydrogens is 376 g/mol. The van der Waals surface area contributed by atoms with Crippen LogP contribution in [0.25, 0.3) is 5.57 Å². The maximum Gasteiger partial charge on any atom is 0.347 e. The van der Waals surface area contributed by atoms with Crippen LogP contribution in [0, 0.1) is 18.3 Å². The first-order valence-electron chi connectivity index (χ1n) is 9.38. The van der Waals surface area contributed by atoms with E-state index in [2.05, 4.69) is 26.9 Å². The molecule has 0 bridgehead atoms. The van der Waals surface area contributed by atoms with Crippen LogP contribution in [-0.4, -0.2) is 71.3 Å². The van der Waals surface area contributed by atoms with E-state index in [1.54, 1.807) is 6.92 Å². The van der Waals surface area contributed by atoms with E-state index in [-0.39, 0.29) is 10.9 Å². The highest BCUT2D eigenvalue weighted by Crippen LogP contribution is 2.38. The van der Waals surface area contributed by atoms with Crippen LogP contribution >= 0.6 is 11.3 Å². The molecule has 1 aromatic heterocycles. The average molecular weight is 398 g/mol. The van der Waals surface area contributed by atoms with Gasteiger partial charge in [-0.3, -0.25) is 4.90 Å². The predicted octanol–water partition coefficient (Wildman–Crippen LogP) is 2.29. The lowest BCUT2D eigenvalue weighted by Crippen LogP contribution is -2.42. The van der Waals surface area contributed by atoms with Gasteiger partial charge in [0.1, 0.15) is 16.0 Å². The van der Waals surface area contributed by atoms with Crippen molar-refractivity contribution in [2.75, 3.05) is 39.4 Å². The Kier molecular flexibility index (Phi) is 5.31. The van der Waals surface area contributed by atoms with E-state index in [1.165, 1.54) is 11.3 Å². The zero-order valence-corrected chi connectivity index (χ0v) is 16.5. The van der Waals surface area contributed by atoms with E-state index >= 15 is 0 Å². The maximum absolute atomic E-state index is 11.3. The molecule has 7 nitrogen and oxygen atoms in total. The van der Waals surface area contributed by atoms with Gasteiger partial charge in [-0.2, -0.15) is 5.26 Å². The second-order valence-corrected chi connectivity index (χ2v) is 8.09. The van der Waals surface area contributed by atoms with Crippen molar-refractivity contribution in [1.29, 1.82) is 5.26 Å². The molecule has 1 atom stereocenters. The average Bonchev–Trinajstić information content (AvgIpc) is 3.27. The molecule has 0 spiro atoms. The second kappa shape index (κ2) is 7.87. The molecule has 2 aliphatic heterocycles. The van der Waals surface area contributed by atoms with Crippen LogP contribution < -0.4 is 0 Å². The number of carbonyl (C=O) groups is 1. The summed E-state index contributed by atoms with van der Waals surface area (Å²) >= 11 is 1.19. The smallest absolute Gasteiger partial charge is 0.347 e. The van der Waals surface area contributed by atoms with Crippen molar-refractivity contribution in [2.45, 2.75) is 19.4 Å². The van der Waals surface area contributed by atoms with Crippen molar-refractivity contribution in [1.82, 2.24) is 14.8 Å². The third-order valence-electron chi connectivity index (χ3n) is 5.37. The molecule has 3 heterocycles. The van der Waals surface area contributed by atoms with E-state index in [9.17, 15) is 15.2 Å². The third kappa shape index (κ3) is 3.61. The molecule has 0 saturated carbocycles. The molecule has 146 valence electrons. The summed E-state index contributed by atoms with van der Waals surface area (Å²) in [6, 6.07) is 2.48. The number of hydrogen-bond donors (Lipinski definition) is 1. The van der Waals surface area contributed by atoms with E-state index in [0.29, 0.717) is 16.3 Å². The number of thiazole rings is 1. The van der Waals surface area contributed by atoms with Gasteiger partial charge in [-0.15, -0.1) is 11.3 Å². The number of nitrogens with zero attached hydrogens (tertiary/aromatic N) is 4. The Labute approximate surface area is 167 Å². The third-order valence-corrected chi connectivity index (χ3v) is 6.57. The van der Waals surface area contributed by atoms with E-state index in [0.717, 1.165) is 57.0 Å². The van der Waals surface area contributed by atoms with Gasteiger partial charge in [0.15, 0.2) is 0 Å². The van der Waals surface area contributed by atoms with Gasteiger partial charge in [-0.05, 0) is 25.0 Å². The van der Waals surface area contributed by atoms with Gasteiger partial charge in [-0.25, -0.2) is 9.78 Å². The SMILES string of the molecule is Cc1nc(C2=CCC3C(=C2)C(C#N)=CN3CCN2CCOCC2)sc1C(=O)O. The Morgan fingerprint density at radius 2 is 2.21 bits per heavy atom. The van der Waals surface area contributed by atoms with Gasteiger partial charge in [0.2, 0.25) is 0 Å². The van der Waals surface area contributed by atoms with Crippen LogP contribution in [0.5, 0.6) is 0 Å². The van der Waals surface area contributed by atoms with Crippen molar-refractivity contribution >= 4 is 22.9 Å². The van der Waals surface area contributed by atoms with Crippen molar-refractivity contribution in [3.8, 4) is 6.07 Å². The molecule has 4 rings (SSSR count). The summed E-state index contributed by atoms with van der Waals surface area (Å²) in [6.45, 7) is 7.01. The number of ether oxygens (including phenoxy) is 1. The van der Waals surface area contributed by atoms with Crippen molar-refractivity contribution in [2.24, 2.45) is 0 Å². The molecule has 3 aliphatic rings. The predicted molar refractivity (Wildman–Crippen MR) is 106 cm³/mol. The van der Waals surface area contributed by atoms with Crippen molar-refractivity contribution in [3.63, 3.8) is 0 Å². The summed E-state index contributed by atoms with van der Waals surface area (Å²) in [7, 11) is 0. The molecular formula is C20H22N4O3S. The zero-order chi connectivity index (χ0) is 19.7. The van der Waals surface area contributed by atoms with Crippen molar-refractivity contribution < 1.29 is 14.6 Å². The van der Waals surface area contributed by atoms with Crippen LogP contribution in [0.1, 0.15) is 26.8 Å². The van der Waals surface area contributed by atoms with Crippen LogP contribution in [-0.2, 0) is 4.74 Å². The summed E-state index contributed by atoms with van der Waals surface area (Å²) < 4.78 is 5.40. The molecule has 8 heteroatoms. The fraction of sp³-hybridized carbons (Fsp3) is 0.450. The van der Waals surface area contributed by atoms with Crippen molar-refractivity contribution in [3.05, 3.63) is 45.1 Å². The fourth-order valence-corrected chi connectivity index (χ4v) is 4.77. The summed E-state index contributed by atoms with van der Waals surface area (Å²) in [6.07, 6.45) is 6.85. The number of allylic oxidation sites excluding steroid dienone is 2. The molecule has 0 amide bonds. The number of carboxylic acid groups (broad SMARTS) is 1. The van der Waals surface area contributed by atoms with E-state index < -0.39 is 5.97 Å². The minimum absolute atomic E-state index is 0.166. The van der Waals surface area contributed by atoms with Gasteiger partial charge < -0.3 is 14.7 Å². The summed E-state index contributed by atoms with van der Waals surface area (Å²) in [5.41, 5.74) is 3.13. The second-order valence-electron chi connectivity index (χ2n) is 7.10. The number of nitriles is 1. The Morgan fingerprint density at radius 3 is 2.89 bits per heavy atom. The number of carboxylic acids is 1. The number of aromatic nitrogens is 1. The Balaban J connectivity index is 1.50. The fourth-order valence-electron chi connectivity index (χ4n) is 3.85. The highest BCUT2D eigenvalue weighted by atomic mass is 32.1. The topological polar surface area (TPSA) is 89.7 Å². The maximum atomic E-state index is 11.3. The Hall–Kier alpha value is -2.47.